The molecule has 1 aliphatic carbocycles. The van der Waals surface area contributed by atoms with Crippen LogP contribution in [0.3, 0.4) is 0 Å². The van der Waals surface area contributed by atoms with Gasteiger partial charge in [-0.05, 0) is 37.7 Å². The lowest BCUT2D eigenvalue weighted by Crippen LogP contribution is -2.32. The zero-order valence-electron chi connectivity index (χ0n) is 10.1. The van der Waals surface area contributed by atoms with Crippen LogP contribution in [0.2, 0.25) is 0 Å². The zero-order valence-corrected chi connectivity index (χ0v) is 10.1. The Hall–Kier alpha value is -1.29. The Morgan fingerprint density at radius 1 is 1.47 bits per heavy atom. The molecule has 1 aromatic heterocycles. The van der Waals surface area contributed by atoms with Gasteiger partial charge in [-0.2, -0.15) is 0 Å². The van der Waals surface area contributed by atoms with E-state index in [2.05, 4.69) is 4.98 Å². The van der Waals surface area contributed by atoms with E-state index in [1.54, 1.807) is 0 Å². The van der Waals surface area contributed by atoms with Crippen molar-refractivity contribution >= 4 is 5.91 Å². The smallest absolute Gasteiger partial charge is 0.255 e. The number of aryl methyl sites for hydroxylation is 1. The molecule has 0 spiro atoms. The second kappa shape index (κ2) is 3.88. The average molecular weight is 233 g/mol. The summed E-state index contributed by atoms with van der Waals surface area (Å²) in [5.41, 5.74) is 7.87. The van der Waals surface area contributed by atoms with Crippen molar-refractivity contribution in [2.24, 2.45) is 17.6 Å². The number of hydrogen-bond acceptors (Lipinski definition) is 2. The van der Waals surface area contributed by atoms with Gasteiger partial charge >= 0.3 is 0 Å². The first-order chi connectivity index (χ1) is 8.16. The Morgan fingerprint density at radius 3 is 2.82 bits per heavy atom. The molecule has 1 saturated heterocycles. The third-order valence-corrected chi connectivity index (χ3v) is 4.11. The number of likely N-dealkylation sites (tertiary alicyclic amines) is 1. The van der Waals surface area contributed by atoms with E-state index in [-0.39, 0.29) is 11.9 Å². The van der Waals surface area contributed by atoms with Gasteiger partial charge in [-0.15, -0.1) is 0 Å². The molecule has 0 radical (unpaired) electrons. The third kappa shape index (κ3) is 1.86. The van der Waals surface area contributed by atoms with Crippen LogP contribution in [0.15, 0.2) is 12.3 Å². The van der Waals surface area contributed by atoms with Crippen LogP contribution in [0.5, 0.6) is 0 Å². The van der Waals surface area contributed by atoms with E-state index in [0.717, 1.165) is 23.7 Å². The molecule has 1 aliphatic heterocycles. The number of nitrogens with zero attached hydrogens (tertiary/aromatic N) is 1. The standard InChI is InChI=1S/C13H19N3O/c1-8-10(4-5-15-8)13(17)16-6-11(9-2-3-9)12(14)7-16/h4-5,9,11-12,15H,2-3,6-7,14H2,1H3. The summed E-state index contributed by atoms with van der Waals surface area (Å²) in [6.45, 7) is 3.49. The molecule has 2 aliphatic rings. The molecule has 3 rings (SSSR count). The summed E-state index contributed by atoms with van der Waals surface area (Å²) in [6, 6.07) is 2.03. The highest BCUT2D eigenvalue weighted by Gasteiger charge is 2.42. The number of nitrogens with one attached hydrogen (secondary N) is 1. The molecule has 92 valence electrons. The quantitative estimate of drug-likeness (QED) is 0.804. The molecule has 4 nitrogen and oxygen atoms in total. The van der Waals surface area contributed by atoms with Crippen molar-refractivity contribution in [3.8, 4) is 0 Å². The van der Waals surface area contributed by atoms with Gasteiger partial charge in [0.1, 0.15) is 0 Å². The maximum absolute atomic E-state index is 12.3. The van der Waals surface area contributed by atoms with Gasteiger partial charge in [0.05, 0.1) is 5.56 Å². The number of carbonyl (C=O) groups excluding carboxylic acids is 1. The first-order valence-electron chi connectivity index (χ1n) is 6.35. The van der Waals surface area contributed by atoms with Crippen molar-refractivity contribution in [1.82, 2.24) is 9.88 Å². The molecule has 0 bridgehead atoms. The van der Waals surface area contributed by atoms with Crippen molar-refractivity contribution in [3.05, 3.63) is 23.5 Å². The van der Waals surface area contributed by atoms with Crippen LogP contribution in [0, 0.1) is 18.8 Å². The fourth-order valence-electron chi connectivity index (χ4n) is 2.90. The molecule has 1 aromatic rings. The van der Waals surface area contributed by atoms with E-state index < -0.39 is 0 Å². The van der Waals surface area contributed by atoms with Gasteiger partial charge in [0.15, 0.2) is 0 Å². The fraction of sp³-hybridized carbons (Fsp3) is 0.615. The van der Waals surface area contributed by atoms with E-state index in [1.165, 1.54) is 12.8 Å². The number of aromatic nitrogens is 1. The lowest BCUT2D eigenvalue weighted by atomic mass is 9.99. The van der Waals surface area contributed by atoms with Crippen molar-refractivity contribution in [1.29, 1.82) is 0 Å². The lowest BCUT2D eigenvalue weighted by Gasteiger charge is -2.16. The highest BCUT2D eigenvalue weighted by Crippen LogP contribution is 2.41. The molecular weight excluding hydrogens is 214 g/mol. The van der Waals surface area contributed by atoms with E-state index in [9.17, 15) is 4.79 Å². The van der Waals surface area contributed by atoms with Crippen LogP contribution in [0.1, 0.15) is 28.9 Å². The molecule has 2 unspecified atom stereocenters. The highest BCUT2D eigenvalue weighted by atomic mass is 16.2. The van der Waals surface area contributed by atoms with Crippen molar-refractivity contribution in [2.75, 3.05) is 13.1 Å². The van der Waals surface area contributed by atoms with Crippen LogP contribution in [-0.2, 0) is 0 Å². The largest absolute Gasteiger partial charge is 0.365 e. The van der Waals surface area contributed by atoms with Crippen molar-refractivity contribution in [2.45, 2.75) is 25.8 Å². The molecule has 2 atom stereocenters. The molecule has 4 heteroatoms. The van der Waals surface area contributed by atoms with Crippen LogP contribution in [0.4, 0.5) is 0 Å². The Labute approximate surface area is 101 Å². The van der Waals surface area contributed by atoms with E-state index in [4.69, 9.17) is 5.73 Å². The summed E-state index contributed by atoms with van der Waals surface area (Å²) < 4.78 is 0. The zero-order chi connectivity index (χ0) is 12.0. The number of aromatic amines is 1. The SMILES string of the molecule is Cc1[nH]ccc1C(=O)N1CC(N)C(C2CC2)C1. The Morgan fingerprint density at radius 2 is 2.24 bits per heavy atom. The lowest BCUT2D eigenvalue weighted by molar-refractivity contribution is 0.0784. The van der Waals surface area contributed by atoms with E-state index in [1.807, 2.05) is 24.1 Å². The molecule has 0 aromatic carbocycles. The number of hydrogen-bond donors (Lipinski definition) is 2. The van der Waals surface area contributed by atoms with Crippen LogP contribution in [0.25, 0.3) is 0 Å². The van der Waals surface area contributed by atoms with Gasteiger partial charge in [0.25, 0.3) is 5.91 Å². The minimum atomic E-state index is 0.127. The summed E-state index contributed by atoms with van der Waals surface area (Å²) >= 11 is 0. The summed E-state index contributed by atoms with van der Waals surface area (Å²) in [5, 5.41) is 0. The van der Waals surface area contributed by atoms with Gasteiger partial charge in [0, 0.05) is 31.0 Å². The maximum Gasteiger partial charge on any atom is 0.255 e. The van der Waals surface area contributed by atoms with Gasteiger partial charge < -0.3 is 15.6 Å². The maximum atomic E-state index is 12.3. The predicted molar refractivity (Wildman–Crippen MR) is 65.6 cm³/mol. The molecule has 2 fully saturated rings. The van der Waals surface area contributed by atoms with Crippen molar-refractivity contribution < 1.29 is 4.79 Å². The minimum absolute atomic E-state index is 0.127. The third-order valence-electron chi connectivity index (χ3n) is 4.11. The van der Waals surface area contributed by atoms with Gasteiger partial charge in [-0.1, -0.05) is 0 Å². The number of carbonyl (C=O) groups is 1. The van der Waals surface area contributed by atoms with E-state index in [0.29, 0.717) is 12.5 Å². The second-order valence-corrected chi connectivity index (χ2v) is 5.39. The Kier molecular flexibility index (Phi) is 2.47. The fourth-order valence-corrected chi connectivity index (χ4v) is 2.90. The van der Waals surface area contributed by atoms with Crippen molar-refractivity contribution in [3.63, 3.8) is 0 Å². The van der Waals surface area contributed by atoms with Crippen LogP contribution in [-0.4, -0.2) is 34.9 Å². The molecule has 1 saturated carbocycles. The Balaban J connectivity index is 1.73. The minimum Gasteiger partial charge on any atom is -0.365 e. The van der Waals surface area contributed by atoms with Crippen LogP contribution < -0.4 is 5.73 Å². The summed E-state index contributed by atoms with van der Waals surface area (Å²) in [7, 11) is 0. The summed E-state index contributed by atoms with van der Waals surface area (Å²) in [5.74, 6) is 1.43. The van der Waals surface area contributed by atoms with Gasteiger partial charge in [-0.3, -0.25) is 4.79 Å². The molecule has 17 heavy (non-hydrogen) atoms. The first-order valence-corrected chi connectivity index (χ1v) is 6.35. The van der Waals surface area contributed by atoms with Gasteiger partial charge in [-0.25, -0.2) is 0 Å². The highest BCUT2D eigenvalue weighted by molar-refractivity contribution is 5.95. The normalized spacial score (nSPS) is 28.7. The summed E-state index contributed by atoms with van der Waals surface area (Å²) in [4.78, 5) is 17.3. The molecule has 3 N–H and O–H groups in total. The number of amides is 1. The average Bonchev–Trinajstić information content (AvgIpc) is 2.94. The number of nitrogens with two attached hydrogens (primary N) is 1. The first kappa shape index (κ1) is 10.8. The molecule has 2 heterocycles. The second-order valence-electron chi connectivity index (χ2n) is 5.39. The topological polar surface area (TPSA) is 62.1 Å². The van der Waals surface area contributed by atoms with Gasteiger partial charge in [0.2, 0.25) is 0 Å². The predicted octanol–water partition coefficient (Wildman–Crippen LogP) is 1.13. The molecular formula is C13H19N3O. The summed E-state index contributed by atoms with van der Waals surface area (Å²) in [6.07, 6.45) is 4.41. The monoisotopic (exact) mass is 233 g/mol. The van der Waals surface area contributed by atoms with Crippen LogP contribution >= 0.6 is 0 Å². The number of H-pyrrole nitrogens is 1. The Bertz CT molecular complexity index is 436. The number of rotatable bonds is 2. The van der Waals surface area contributed by atoms with E-state index >= 15 is 0 Å². The molecule has 1 amide bonds.